The molecule has 2 aliphatic heterocycles. The number of hydrogen-bond acceptors (Lipinski definition) is 5. The predicted octanol–water partition coefficient (Wildman–Crippen LogP) is 1.90. The number of rotatable bonds is 4. The van der Waals surface area contributed by atoms with E-state index in [1.165, 1.54) is 0 Å². The number of amides is 1. The normalized spacial score (nSPS) is 21.9. The second kappa shape index (κ2) is 7.93. The number of piperidine rings is 2. The molecule has 5 nitrogen and oxygen atoms in total. The molecule has 0 saturated carbocycles. The first-order valence-electron chi connectivity index (χ1n) is 9.14. The molecule has 1 atom stereocenters. The summed E-state index contributed by atoms with van der Waals surface area (Å²) in [6.07, 6.45) is 4.20. The molecule has 0 spiro atoms. The number of carbonyl (C=O) groups excluding carboxylic acids is 1. The number of aryl methyl sites for hydroxylation is 2. The Kier molecular flexibility index (Phi) is 5.89. The van der Waals surface area contributed by atoms with Crippen LogP contribution in [0.3, 0.4) is 0 Å². The van der Waals surface area contributed by atoms with Crippen molar-refractivity contribution in [2.45, 2.75) is 52.1 Å². The maximum atomic E-state index is 12.5. The fourth-order valence-corrected chi connectivity index (χ4v) is 4.89. The Morgan fingerprint density at radius 3 is 2.46 bits per heavy atom. The van der Waals surface area contributed by atoms with Gasteiger partial charge in [-0.25, -0.2) is 4.98 Å². The summed E-state index contributed by atoms with van der Waals surface area (Å²) in [6, 6.07) is 0. The lowest BCUT2D eigenvalue weighted by Crippen LogP contribution is -2.45. The van der Waals surface area contributed by atoms with Gasteiger partial charge >= 0.3 is 0 Å². The van der Waals surface area contributed by atoms with Crippen molar-refractivity contribution in [2.24, 2.45) is 11.8 Å². The highest BCUT2D eigenvalue weighted by Gasteiger charge is 2.32. The summed E-state index contributed by atoms with van der Waals surface area (Å²) in [4.78, 5) is 20.1. The molecule has 2 aliphatic rings. The van der Waals surface area contributed by atoms with E-state index in [0.717, 1.165) is 67.4 Å². The first-order valence-corrected chi connectivity index (χ1v) is 9.95. The van der Waals surface area contributed by atoms with E-state index in [2.05, 4.69) is 10.3 Å². The third-order valence-corrected chi connectivity index (χ3v) is 6.49. The highest BCUT2D eigenvalue weighted by molar-refractivity contribution is 7.11. The fourth-order valence-electron chi connectivity index (χ4n) is 4.05. The van der Waals surface area contributed by atoms with Crippen molar-refractivity contribution >= 4 is 17.2 Å². The summed E-state index contributed by atoms with van der Waals surface area (Å²) in [5, 5.41) is 15.0. The van der Waals surface area contributed by atoms with Crippen LogP contribution >= 0.6 is 11.3 Å². The van der Waals surface area contributed by atoms with Gasteiger partial charge in [0.2, 0.25) is 5.91 Å². The van der Waals surface area contributed by atoms with Gasteiger partial charge in [0.05, 0.1) is 23.2 Å². The number of aliphatic hydroxyl groups excluding tert-OH is 1. The average molecular weight is 352 g/mol. The van der Waals surface area contributed by atoms with Crippen molar-refractivity contribution in [3.63, 3.8) is 0 Å². The van der Waals surface area contributed by atoms with Gasteiger partial charge in [0.15, 0.2) is 0 Å². The zero-order chi connectivity index (χ0) is 17.1. The van der Waals surface area contributed by atoms with Crippen molar-refractivity contribution in [1.82, 2.24) is 15.2 Å². The minimum Gasteiger partial charge on any atom is -0.393 e. The second-order valence-corrected chi connectivity index (χ2v) is 8.62. The first kappa shape index (κ1) is 17.8. The molecular weight excluding hydrogens is 322 g/mol. The van der Waals surface area contributed by atoms with Crippen molar-refractivity contribution < 1.29 is 9.90 Å². The molecule has 1 amide bonds. The van der Waals surface area contributed by atoms with E-state index >= 15 is 0 Å². The number of likely N-dealkylation sites (tertiary alicyclic amines) is 1. The Bertz CT molecular complexity index is 561. The fraction of sp³-hybridized carbons (Fsp3) is 0.778. The molecule has 2 saturated heterocycles. The molecule has 1 unspecified atom stereocenters. The van der Waals surface area contributed by atoms with Crippen LogP contribution in [0.25, 0.3) is 0 Å². The molecule has 134 valence electrons. The van der Waals surface area contributed by atoms with Crippen LogP contribution in [0.2, 0.25) is 0 Å². The maximum Gasteiger partial charge on any atom is 0.228 e. The summed E-state index contributed by atoms with van der Waals surface area (Å²) in [5.41, 5.74) is 0.930. The van der Waals surface area contributed by atoms with Crippen molar-refractivity contribution in [3.05, 3.63) is 15.6 Å². The number of nitrogens with one attached hydrogen (secondary N) is 1. The average Bonchev–Trinajstić information content (AvgIpc) is 2.92. The number of thiazole rings is 1. The van der Waals surface area contributed by atoms with E-state index in [1.54, 1.807) is 11.3 Å². The van der Waals surface area contributed by atoms with Gasteiger partial charge in [0, 0.05) is 18.0 Å². The first-order chi connectivity index (χ1) is 11.5. The Balaban J connectivity index is 1.49. The van der Waals surface area contributed by atoms with Crippen LogP contribution in [0.5, 0.6) is 0 Å². The van der Waals surface area contributed by atoms with Gasteiger partial charge in [-0.3, -0.25) is 4.79 Å². The van der Waals surface area contributed by atoms with Crippen molar-refractivity contribution in [1.29, 1.82) is 0 Å². The summed E-state index contributed by atoms with van der Waals surface area (Å²) in [5.74, 6) is 0.956. The molecule has 3 rings (SSSR count). The van der Waals surface area contributed by atoms with E-state index in [0.29, 0.717) is 18.3 Å². The lowest BCUT2D eigenvalue weighted by molar-refractivity contribution is -0.132. The van der Waals surface area contributed by atoms with E-state index in [9.17, 15) is 9.90 Å². The molecule has 24 heavy (non-hydrogen) atoms. The summed E-state index contributed by atoms with van der Waals surface area (Å²) in [7, 11) is 0. The molecule has 3 heterocycles. The van der Waals surface area contributed by atoms with Crippen molar-refractivity contribution in [2.75, 3.05) is 26.2 Å². The second-order valence-electron chi connectivity index (χ2n) is 7.21. The zero-order valence-electron chi connectivity index (χ0n) is 14.8. The zero-order valence-corrected chi connectivity index (χ0v) is 15.6. The Morgan fingerprint density at radius 1 is 1.25 bits per heavy atom. The lowest BCUT2D eigenvalue weighted by atomic mass is 9.80. The van der Waals surface area contributed by atoms with E-state index in [1.807, 2.05) is 18.7 Å². The van der Waals surface area contributed by atoms with Gasteiger partial charge < -0.3 is 15.3 Å². The number of carbonyl (C=O) groups is 1. The third kappa shape index (κ3) is 4.16. The van der Waals surface area contributed by atoms with Crippen LogP contribution in [-0.4, -0.2) is 53.2 Å². The number of aliphatic hydroxyl groups is 1. The van der Waals surface area contributed by atoms with E-state index in [-0.39, 0.29) is 12.0 Å². The maximum absolute atomic E-state index is 12.5. The molecule has 6 heteroatoms. The third-order valence-electron chi connectivity index (χ3n) is 5.56. The van der Waals surface area contributed by atoms with Gasteiger partial charge in [-0.1, -0.05) is 0 Å². The molecule has 0 aromatic carbocycles. The Labute approximate surface area is 148 Å². The molecule has 2 N–H and O–H groups in total. The molecular formula is C18H29N3O2S. The van der Waals surface area contributed by atoms with Crippen LogP contribution in [0.1, 0.15) is 41.3 Å². The van der Waals surface area contributed by atoms with Crippen LogP contribution in [0.15, 0.2) is 0 Å². The van der Waals surface area contributed by atoms with Gasteiger partial charge in [-0.15, -0.1) is 11.3 Å². The monoisotopic (exact) mass is 351 g/mol. The number of aromatic nitrogens is 1. The van der Waals surface area contributed by atoms with Gasteiger partial charge in [0.1, 0.15) is 0 Å². The lowest BCUT2D eigenvalue weighted by Gasteiger charge is -2.38. The highest BCUT2D eigenvalue weighted by atomic mass is 32.1. The van der Waals surface area contributed by atoms with Crippen LogP contribution in [0, 0.1) is 25.7 Å². The minimum atomic E-state index is -0.201. The van der Waals surface area contributed by atoms with Crippen LogP contribution in [-0.2, 0) is 11.2 Å². The van der Waals surface area contributed by atoms with E-state index in [4.69, 9.17) is 0 Å². The summed E-state index contributed by atoms with van der Waals surface area (Å²) < 4.78 is 0. The van der Waals surface area contributed by atoms with Gasteiger partial charge in [-0.2, -0.15) is 0 Å². The predicted molar refractivity (Wildman–Crippen MR) is 96.2 cm³/mol. The largest absolute Gasteiger partial charge is 0.393 e. The molecule has 0 aliphatic carbocycles. The molecule has 1 aromatic rings. The van der Waals surface area contributed by atoms with Crippen LogP contribution < -0.4 is 5.32 Å². The summed E-state index contributed by atoms with van der Waals surface area (Å²) in [6.45, 7) is 7.60. The Morgan fingerprint density at radius 2 is 1.88 bits per heavy atom. The quantitative estimate of drug-likeness (QED) is 0.870. The molecule has 0 bridgehead atoms. The molecule has 1 aromatic heterocycles. The summed E-state index contributed by atoms with van der Waals surface area (Å²) >= 11 is 1.66. The smallest absolute Gasteiger partial charge is 0.228 e. The van der Waals surface area contributed by atoms with Gasteiger partial charge in [0.25, 0.3) is 0 Å². The van der Waals surface area contributed by atoms with Gasteiger partial charge in [-0.05, 0) is 64.5 Å². The molecule has 2 fully saturated rings. The van der Waals surface area contributed by atoms with E-state index < -0.39 is 0 Å². The SMILES string of the molecule is Cc1nc(CC(=O)N2CCC(C(O)C3CCNCC3)CC2)c(C)s1. The van der Waals surface area contributed by atoms with Crippen LogP contribution in [0.4, 0.5) is 0 Å². The topological polar surface area (TPSA) is 65.5 Å². The Hall–Kier alpha value is -0.980. The standard InChI is InChI=1S/C18H29N3O2S/c1-12-16(20-13(2)24-12)11-17(22)21-9-5-15(6-10-21)18(23)14-3-7-19-8-4-14/h14-15,18-19,23H,3-11H2,1-2H3. The van der Waals surface area contributed by atoms with Crippen molar-refractivity contribution in [3.8, 4) is 0 Å². The minimum absolute atomic E-state index is 0.179. The number of hydrogen-bond donors (Lipinski definition) is 2. The number of nitrogens with zero attached hydrogens (tertiary/aromatic N) is 2. The molecule has 0 radical (unpaired) electrons. The highest BCUT2D eigenvalue weighted by Crippen LogP contribution is 2.29.